The third kappa shape index (κ3) is 3.70. The molecular weight excluding hydrogens is 304 g/mol. The van der Waals surface area contributed by atoms with Gasteiger partial charge in [0.1, 0.15) is 5.75 Å². The number of hydrogen-bond donors (Lipinski definition) is 0. The van der Waals surface area contributed by atoms with Crippen molar-refractivity contribution < 1.29 is 4.74 Å². The predicted molar refractivity (Wildman–Crippen MR) is 98.9 cm³/mol. The molecule has 0 N–H and O–H groups in total. The topological polar surface area (TPSA) is 15.7 Å². The molecule has 1 aromatic carbocycles. The molecule has 0 amide bonds. The highest BCUT2D eigenvalue weighted by Crippen LogP contribution is 2.25. The Labute approximate surface area is 143 Å². The number of nitrogens with zero attached hydrogens (tertiary/aromatic N) is 2. The van der Waals surface area contributed by atoms with Crippen molar-refractivity contribution in [1.82, 2.24) is 4.90 Å². The molecular formula is C19H26N2OS. The lowest BCUT2D eigenvalue weighted by Gasteiger charge is -2.36. The molecule has 0 radical (unpaired) electrons. The number of anilines is 1. The molecule has 124 valence electrons. The standard InChI is InChI=1S/C19H26N2OS/c1-4-19-15(2)23-14-16(19)13-20-9-11-21(12-10-20)17-5-7-18(22-3)8-6-17/h5-8,14H,4,9-13H2,1-3H3. The fourth-order valence-corrected chi connectivity index (χ4v) is 4.29. The second-order valence-electron chi connectivity index (χ2n) is 6.11. The lowest BCUT2D eigenvalue weighted by Crippen LogP contribution is -2.46. The maximum Gasteiger partial charge on any atom is 0.119 e. The van der Waals surface area contributed by atoms with Gasteiger partial charge in [0.15, 0.2) is 0 Å². The molecule has 2 heterocycles. The predicted octanol–water partition coefficient (Wildman–Crippen LogP) is 3.95. The number of piperazine rings is 1. The Balaban J connectivity index is 1.57. The van der Waals surface area contributed by atoms with Gasteiger partial charge in [-0.05, 0) is 54.1 Å². The average Bonchev–Trinajstić information content (AvgIpc) is 2.95. The van der Waals surface area contributed by atoms with Crippen molar-refractivity contribution in [2.24, 2.45) is 0 Å². The van der Waals surface area contributed by atoms with Crippen LogP contribution in [0.2, 0.25) is 0 Å². The first-order valence-electron chi connectivity index (χ1n) is 8.38. The van der Waals surface area contributed by atoms with Crippen molar-refractivity contribution in [3.63, 3.8) is 0 Å². The van der Waals surface area contributed by atoms with E-state index in [2.05, 4.69) is 41.2 Å². The molecule has 1 aromatic heterocycles. The monoisotopic (exact) mass is 330 g/mol. The van der Waals surface area contributed by atoms with Crippen LogP contribution in [0.3, 0.4) is 0 Å². The third-order valence-electron chi connectivity index (χ3n) is 4.75. The van der Waals surface area contributed by atoms with Crippen LogP contribution in [-0.4, -0.2) is 38.2 Å². The molecule has 0 bridgehead atoms. The molecule has 3 rings (SSSR count). The van der Waals surface area contributed by atoms with Crippen LogP contribution in [0.1, 0.15) is 22.9 Å². The van der Waals surface area contributed by atoms with E-state index in [1.54, 1.807) is 12.7 Å². The number of hydrogen-bond acceptors (Lipinski definition) is 4. The van der Waals surface area contributed by atoms with Crippen LogP contribution in [0.25, 0.3) is 0 Å². The van der Waals surface area contributed by atoms with Gasteiger partial charge >= 0.3 is 0 Å². The van der Waals surface area contributed by atoms with E-state index in [9.17, 15) is 0 Å². The average molecular weight is 330 g/mol. The molecule has 0 atom stereocenters. The van der Waals surface area contributed by atoms with Gasteiger partial charge in [-0.1, -0.05) is 6.92 Å². The van der Waals surface area contributed by atoms with Gasteiger partial charge in [0.2, 0.25) is 0 Å². The Morgan fingerprint density at radius 1 is 1.09 bits per heavy atom. The van der Waals surface area contributed by atoms with Crippen LogP contribution in [0.4, 0.5) is 5.69 Å². The summed E-state index contributed by atoms with van der Waals surface area (Å²) in [5, 5.41) is 2.35. The summed E-state index contributed by atoms with van der Waals surface area (Å²) in [6, 6.07) is 8.41. The van der Waals surface area contributed by atoms with Gasteiger partial charge in [-0.2, -0.15) is 0 Å². The minimum atomic E-state index is 0.923. The summed E-state index contributed by atoms with van der Waals surface area (Å²) in [5.74, 6) is 0.923. The number of rotatable bonds is 5. The van der Waals surface area contributed by atoms with Crippen LogP contribution in [0.15, 0.2) is 29.6 Å². The summed E-state index contributed by atoms with van der Waals surface area (Å²) in [7, 11) is 1.71. The van der Waals surface area contributed by atoms with Crippen molar-refractivity contribution in [1.29, 1.82) is 0 Å². The first-order chi connectivity index (χ1) is 11.2. The maximum absolute atomic E-state index is 5.24. The van der Waals surface area contributed by atoms with Gasteiger partial charge in [0.25, 0.3) is 0 Å². The van der Waals surface area contributed by atoms with Gasteiger partial charge < -0.3 is 9.64 Å². The summed E-state index contributed by atoms with van der Waals surface area (Å²) in [5.41, 5.74) is 4.39. The van der Waals surface area contributed by atoms with Crippen molar-refractivity contribution in [2.75, 3.05) is 38.2 Å². The second kappa shape index (κ2) is 7.37. The smallest absolute Gasteiger partial charge is 0.119 e. The van der Waals surface area contributed by atoms with E-state index in [0.29, 0.717) is 0 Å². The molecule has 2 aromatic rings. The third-order valence-corrected chi connectivity index (χ3v) is 5.75. The van der Waals surface area contributed by atoms with Crippen molar-refractivity contribution in [3.05, 3.63) is 45.6 Å². The van der Waals surface area contributed by atoms with E-state index in [-0.39, 0.29) is 0 Å². The zero-order chi connectivity index (χ0) is 16.2. The summed E-state index contributed by atoms with van der Waals surface area (Å²) in [6.07, 6.45) is 1.15. The lowest BCUT2D eigenvalue weighted by molar-refractivity contribution is 0.249. The molecule has 23 heavy (non-hydrogen) atoms. The van der Waals surface area contributed by atoms with Crippen LogP contribution in [0, 0.1) is 6.92 Å². The van der Waals surface area contributed by atoms with Crippen molar-refractivity contribution >= 4 is 17.0 Å². The molecule has 1 aliphatic rings. The molecule has 1 aliphatic heterocycles. The first kappa shape index (κ1) is 16.3. The minimum absolute atomic E-state index is 0.923. The molecule has 3 nitrogen and oxygen atoms in total. The SMILES string of the molecule is CCc1c(CN2CCN(c3ccc(OC)cc3)CC2)csc1C. The summed E-state index contributed by atoms with van der Waals surface area (Å²) in [6.45, 7) is 10.1. The van der Waals surface area contributed by atoms with Crippen LogP contribution >= 0.6 is 11.3 Å². The van der Waals surface area contributed by atoms with E-state index in [1.165, 1.54) is 16.1 Å². The van der Waals surface area contributed by atoms with E-state index < -0.39 is 0 Å². The highest BCUT2D eigenvalue weighted by molar-refractivity contribution is 7.10. The normalized spacial score (nSPS) is 15.9. The largest absolute Gasteiger partial charge is 0.497 e. The van der Waals surface area contributed by atoms with E-state index >= 15 is 0 Å². The number of benzene rings is 1. The van der Waals surface area contributed by atoms with E-state index in [1.807, 2.05) is 23.5 Å². The van der Waals surface area contributed by atoms with Crippen molar-refractivity contribution in [2.45, 2.75) is 26.8 Å². The summed E-state index contributed by atoms with van der Waals surface area (Å²) < 4.78 is 5.24. The van der Waals surface area contributed by atoms with Gasteiger partial charge in [0, 0.05) is 43.3 Å². The van der Waals surface area contributed by atoms with Crippen molar-refractivity contribution in [3.8, 4) is 5.75 Å². The lowest BCUT2D eigenvalue weighted by atomic mass is 10.1. The fraction of sp³-hybridized carbons (Fsp3) is 0.474. The number of ether oxygens (including phenoxy) is 1. The summed E-state index contributed by atoms with van der Waals surface area (Å²) in [4.78, 5) is 6.54. The molecule has 0 spiro atoms. The zero-order valence-electron chi connectivity index (χ0n) is 14.3. The van der Waals surface area contributed by atoms with Gasteiger partial charge in [-0.15, -0.1) is 11.3 Å². The van der Waals surface area contributed by atoms with Crippen LogP contribution in [-0.2, 0) is 13.0 Å². The molecule has 1 saturated heterocycles. The van der Waals surface area contributed by atoms with Gasteiger partial charge in [0.05, 0.1) is 7.11 Å². The highest BCUT2D eigenvalue weighted by atomic mass is 32.1. The second-order valence-corrected chi connectivity index (χ2v) is 7.19. The molecule has 0 unspecified atom stereocenters. The molecule has 4 heteroatoms. The number of methoxy groups -OCH3 is 1. The molecule has 1 fully saturated rings. The Morgan fingerprint density at radius 3 is 2.39 bits per heavy atom. The van der Waals surface area contributed by atoms with Gasteiger partial charge in [-0.25, -0.2) is 0 Å². The van der Waals surface area contributed by atoms with E-state index in [4.69, 9.17) is 4.74 Å². The summed E-state index contributed by atoms with van der Waals surface area (Å²) >= 11 is 1.90. The Morgan fingerprint density at radius 2 is 1.78 bits per heavy atom. The van der Waals surface area contributed by atoms with Crippen LogP contribution < -0.4 is 9.64 Å². The first-order valence-corrected chi connectivity index (χ1v) is 9.26. The number of thiophene rings is 1. The maximum atomic E-state index is 5.24. The Kier molecular flexibility index (Phi) is 5.23. The van der Waals surface area contributed by atoms with Gasteiger partial charge in [-0.3, -0.25) is 4.90 Å². The highest BCUT2D eigenvalue weighted by Gasteiger charge is 2.19. The van der Waals surface area contributed by atoms with E-state index in [0.717, 1.165) is 44.9 Å². The minimum Gasteiger partial charge on any atom is -0.497 e. The molecule has 0 saturated carbocycles. The number of aryl methyl sites for hydroxylation is 1. The fourth-order valence-electron chi connectivity index (χ4n) is 3.33. The Bertz CT molecular complexity index is 627. The molecule has 0 aliphatic carbocycles. The van der Waals surface area contributed by atoms with Crippen LogP contribution in [0.5, 0.6) is 5.75 Å². The quantitative estimate of drug-likeness (QED) is 0.825. The Hall–Kier alpha value is -1.52. The zero-order valence-corrected chi connectivity index (χ0v) is 15.2.